The Morgan fingerprint density at radius 3 is 1.88 bits per heavy atom. The molecule has 0 amide bonds. The first-order valence-electron chi connectivity index (χ1n) is 21.1. The Labute approximate surface area is 346 Å². The molecule has 1 N–H and O–H groups in total. The number of rotatable bonds is 5. The van der Waals surface area contributed by atoms with Gasteiger partial charge in [0.05, 0.1) is 11.1 Å². The summed E-state index contributed by atoms with van der Waals surface area (Å²) in [5.41, 5.74) is 23.3. The Morgan fingerprint density at radius 2 is 1.19 bits per heavy atom. The molecule has 280 valence electrons. The zero-order chi connectivity index (χ0) is 38.9. The number of nitrogens with zero attached hydrogens (tertiary/aromatic N) is 1. The summed E-state index contributed by atoms with van der Waals surface area (Å²) in [5, 5.41) is 3.77. The monoisotopic (exact) mass is 754 g/mol. The SMILES string of the molecule is C1=Cc2c(cc(-c3ccccc3)c3c2C2(C4=C3C=CC(c3ccc(C5N=C(c6ccccc6)C=C(c6ccccc6)N5)cc3)C4)c3ccccc3-c3ccccc32)CC1. The van der Waals surface area contributed by atoms with Gasteiger partial charge in [-0.15, -0.1) is 0 Å². The molecule has 0 aromatic heterocycles. The van der Waals surface area contributed by atoms with E-state index in [1.807, 2.05) is 0 Å². The lowest BCUT2D eigenvalue weighted by Gasteiger charge is -2.37. The number of hydrogen-bond donors (Lipinski definition) is 1. The number of aryl methyl sites for hydroxylation is 1. The number of hydrogen-bond acceptors (Lipinski definition) is 2. The van der Waals surface area contributed by atoms with Gasteiger partial charge in [0.25, 0.3) is 0 Å². The Kier molecular flexibility index (Phi) is 7.81. The lowest BCUT2D eigenvalue weighted by molar-refractivity contribution is 0.660. The van der Waals surface area contributed by atoms with Crippen molar-refractivity contribution in [1.82, 2.24) is 5.32 Å². The van der Waals surface area contributed by atoms with Crippen LogP contribution in [0, 0.1) is 0 Å². The highest BCUT2D eigenvalue weighted by Gasteiger charge is 2.55. The lowest BCUT2D eigenvalue weighted by Crippen LogP contribution is -2.30. The van der Waals surface area contributed by atoms with Crippen LogP contribution < -0.4 is 5.32 Å². The number of benzene rings is 7. The summed E-state index contributed by atoms with van der Waals surface area (Å²) in [4.78, 5) is 5.27. The van der Waals surface area contributed by atoms with Crippen LogP contribution in [0.3, 0.4) is 0 Å². The van der Waals surface area contributed by atoms with Gasteiger partial charge in [-0.1, -0.05) is 188 Å². The minimum Gasteiger partial charge on any atom is -0.360 e. The highest BCUT2D eigenvalue weighted by atomic mass is 15.1. The second-order valence-corrected chi connectivity index (χ2v) is 16.5. The average molecular weight is 755 g/mol. The summed E-state index contributed by atoms with van der Waals surface area (Å²) in [5.74, 6) is 0.225. The smallest absolute Gasteiger partial charge is 0.145 e. The molecular formula is C57H42N2. The van der Waals surface area contributed by atoms with E-state index in [4.69, 9.17) is 4.99 Å². The molecule has 2 atom stereocenters. The van der Waals surface area contributed by atoms with E-state index < -0.39 is 0 Å². The van der Waals surface area contributed by atoms with E-state index in [1.165, 1.54) is 72.3 Å². The fourth-order valence-electron chi connectivity index (χ4n) is 10.8. The van der Waals surface area contributed by atoms with Gasteiger partial charge in [-0.3, -0.25) is 4.99 Å². The van der Waals surface area contributed by atoms with Crippen molar-refractivity contribution in [3.63, 3.8) is 0 Å². The second kappa shape index (κ2) is 13.5. The predicted octanol–water partition coefficient (Wildman–Crippen LogP) is 13.3. The highest BCUT2D eigenvalue weighted by molar-refractivity contribution is 6.13. The molecule has 0 saturated carbocycles. The zero-order valence-electron chi connectivity index (χ0n) is 32.8. The largest absolute Gasteiger partial charge is 0.360 e. The van der Waals surface area contributed by atoms with Crippen molar-refractivity contribution in [2.24, 2.45) is 4.99 Å². The van der Waals surface area contributed by atoms with Crippen LogP contribution in [0.4, 0.5) is 0 Å². The normalized spacial score (nSPS) is 18.9. The van der Waals surface area contributed by atoms with Gasteiger partial charge in [-0.25, -0.2) is 0 Å². The molecule has 7 aromatic carbocycles. The minimum absolute atomic E-state index is 0.203. The fraction of sp³-hybridized carbons (Fsp3) is 0.105. The van der Waals surface area contributed by atoms with Gasteiger partial charge in [0.1, 0.15) is 6.17 Å². The minimum atomic E-state index is -0.383. The summed E-state index contributed by atoms with van der Waals surface area (Å²) in [6.07, 6.45) is 14.9. The molecular weight excluding hydrogens is 713 g/mol. The van der Waals surface area contributed by atoms with Crippen molar-refractivity contribution in [1.29, 1.82) is 0 Å². The van der Waals surface area contributed by atoms with Crippen LogP contribution in [0.15, 0.2) is 205 Å². The number of fused-ring (bicyclic) bond motifs is 11. The third-order valence-electron chi connectivity index (χ3n) is 13.4. The maximum absolute atomic E-state index is 5.27. The van der Waals surface area contributed by atoms with Crippen LogP contribution in [0.2, 0.25) is 0 Å². The van der Waals surface area contributed by atoms with Crippen molar-refractivity contribution in [2.45, 2.75) is 36.8 Å². The van der Waals surface area contributed by atoms with Crippen molar-refractivity contribution in [3.05, 3.63) is 255 Å². The molecule has 59 heavy (non-hydrogen) atoms. The Balaban J connectivity index is 0.984. The van der Waals surface area contributed by atoms with Crippen LogP contribution in [-0.2, 0) is 11.8 Å². The molecule has 1 spiro atoms. The first-order chi connectivity index (χ1) is 29.3. The van der Waals surface area contributed by atoms with Gasteiger partial charge >= 0.3 is 0 Å². The van der Waals surface area contributed by atoms with Crippen LogP contribution >= 0.6 is 0 Å². The average Bonchev–Trinajstić information content (AvgIpc) is 3.80. The molecule has 0 bridgehead atoms. The number of aliphatic imine (C=N–C) groups is 1. The summed E-state index contributed by atoms with van der Waals surface area (Å²) in [6, 6.07) is 62.5. The van der Waals surface area contributed by atoms with Gasteiger partial charge in [-0.2, -0.15) is 0 Å². The maximum atomic E-state index is 5.27. The van der Waals surface area contributed by atoms with E-state index in [0.717, 1.165) is 47.4 Å². The van der Waals surface area contributed by atoms with E-state index in [0.29, 0.717) is 0 Å². The first-order valence-corrected chi connectivity index (χ1v) is 21.1. The quantitative estimate of drug-likeness (QED) is 0.186. The first kappa shape index (κ1) is 34.0. The molecule has 2 heteroatoms. The fourth-order valence-corrected chi connectivity index (χ4v) is 10.8. The molecule has 2 unspecified atom stereocenters. The number of allylic oxidation sites excluding steroid dienone is 6. The summed E-state index contributed by atoms with van der Waals surface area (Å²) < 4.78 is 0. The van der Waals surface area contributed by atoms with Gasteiger partial charge in [0, 0.05) is 11.6 Å². The van der Waals surface area contributed by atoms with Crippen LogP contribution in [0.1, 0.15) is 80.6 Å². The molecule has 5 aliphatic rings. The van der Waals surface area contributed by atoms with E-state index in [-0.39, 0.29) is 17.5 Å². The zero-order valence-corrected chi connectivity index (χ0v) is 32.8. The Hall–Kier alpha value is -7.03. The van der Waals surface area contributed by atoms with Gasteiger partial charge < -0.3 is 5.32 Å². The molecule has 0 saturated heterocycles. The van der Waals surface area contributed by atoms with Gasteiger partial charge in [0.2, 0.25) is 0 Å². The predicted molar refractivity (Wildman–Crippen MR) is 244 cm³/mol. The van der Waals surface area contributed by atoms with Crippen molar-refractivity contribution in [2.75, 3.05) is 0 Å². The van der Waals surface area contributed by atoms with Crippen LogP contribution in [0.5, 0.6) is 0 Å². The molecule has 0 fully saturated rings. The molecule has 12 rings (SSSR count). The topological polar surface area (TPSA) is 24.4 Å². The highest BCUT2D eigenvalue weighted by Crippen LogP contribution is 2.66. The van der Waals surface area contributed by atoms with E-state index >= 15 is 0 Å². The molecule has 4 aliphatic carbocycles. The summed E-state index contributed by atoms with van der Waals surface area (Å²) in [7, 11) is 0. The maximum Gasteiger partial charge on any atom is 0.145 e. The number of nitrogens with one attached hydrogen (secondary N) is 1. The standard InChI is InChI=1S/C57H42N2/c1-4-16-38(17-5-1)48-34-43-22-10-11-23-44(43)55-54(48)47-33-32-42(35-51(47)57(55)49-26-14-12-24-45(49)46-25-13-15-27-50(46)57)37-28-30-41(31-29-37)56-58-52(39-18-6-2-7-19-39)36-53(59-56)40-20-8-3-9-21-40/h1-9,11-21,23-34,36,42,56,58H,10,22,35H2. The second-order valence-electron chi connectivity index (χ2n) is 16.5. The molecule has 0 radical (unpaired) electrons. The third-order valence-corrected chi connectivity index (χ3v) is 13.4. The Morgan fingerprint density at radius 1 is 0.576 bits per heavy atom. The third kappa shape index (κ3) is 5.22. The summed E-state index contributed by atoms with van der Waals surface area (Å²) >= 11 is 0. The van der Waals surface area contributed by atoms with Gasteiger partial charge in [-0.05, 0) is 120 Å². The molecule has 1 aliphatic heterocycles. The van der Waals surface area contributed by atoms with Crippen molar-refractivity contribution >= 4 is 23.1 Å². The molecule has 7 aromatic rings. The Bertz CT molecular complexity index is 2920. The van der Waals surface area contributed by atoms with E-state index in [2.05, 4.69) is 206 Å². The van der Waals surface area contributed by atoms with E-state index in [9.17, 15) is 0 Å². The molecule has 2 nitrogen and oxygen atoms in total. The lowest BCUT2D eigenvalue weighted by atomic mass is 9.64. The van der Waals surface area contributed by atoms with Crippen LogP contribution in [0.25, 0.3) is 39.6 Å². The van der Waals surface area contributed by atoms with Crippen LogP contribution in [-0.4, -0.2) is 5.71 Å². The molecule has 1 heterocycles. The van der Waals surface area contributed by atoms with E-state index in [1.54, 1.807) is 0 Å². The van der Waals surface area contributed by atoms with Gasteiger partial charge in [0.15, 0.2) is 0 Å². The summed E-state index contributed by atoms with van der Waals surface area (Å²) in [6.45, 7) is 0. The van der Waals surface area contributed by atoms with Crippen molar-refractivity contribution in [3.8, 4) is 22.3 Å². The van der Waals surface area contributed by atoms with Crippen molar-refractivity contribution < 1.29 is 0 Å².